The molecule has 0 rings (SSSR count). The van der Waals surface area contributed by atoms with Crippen molar-refractivity contribution in [2.45, 2.75) is 20.8 Å². The Morgan fingerprint density at radius 3 is 2.27 bits per heavy atom. The molecule has 0 aromatic carbocycles. The van der Waals surface area contributed by atoms with Gasteiger partial charge in [-0.05, 0) is 26.1 Å². The van der Waals surface area contributed by atoms with Gasteiger partial charge in [0.1, 0.15) is 6.61 Å². The molecule has 0 spiro atoms. The normalized spacial score (nSPS) is 10.9. The molecule has 0 bridgehead atoms. The number of nitrogens with zero attached hydrogens (tertiary/aromatic N) is 1. The zero-order valence-electron chi connectivity index (χ0n) is 9.66. The Labute approximate surface area is 90.9 Å². The molecule has 0 amide bonds. The second kappa shape index (κ2) is 8.17. The summed E-state index contributed by atoms with van der Waals surface area (Å²) in [6.07, 6.45) is 2.37. The summed E-state index contributed by atoms with van der Waals surface area (Å²) in [4.78, 5) is 23.7. The summed E-state index contributed by atoms with van der Waals surface area (Å²) < 4.78 is 4.91. The van der Waals surface area contributed by atoms with Gasteiger partial charge in [-0.25, -0.2) is 4.79 Å². The van der Waals surface area contributed by atoms with Gasteiger partial charge in [-0.1, -0.05) is 13.8 Å². The lowest BCUT2D eigenvalue weighted by atomic mass is 10.4. The highest BCUT2D eigenvalue weighted by Gasteiger charge is 2.01. The molecule has 0 aromatic rings. The Morgan fingerprint density at radius 1 is 1.20 bits per heavy atom. The van der Waals surface area contributed by atoms with E-state index in [0.717, 1.165) is 25.7 Å². The lowest BCUT2D eigenvalue weighted by molar-refractivity contribution is -0.138. The molecule has 0 aliphatic carbocycles. The Balaban J connectivity index is 3.67. The summed E-state index contributed by atoms with van der Waals surface area (Å²) in [5.74, 6) is -0.618. The number of allylic oxidation sites excluding steroid dienone is 1. The summed E-state index contributed by atoms with van der Waals surface area (Å²) in [5.41, 5.74) is 0. The number of hydrogen-bond acceptors (Lipinski definition) is 4. The van der Waals surface area contributed by atoms with E-state index in [-0.39, 0.29) is 5.78 Å². The number of rotatable bonds is 7. The van der Waals surface area contributed by atoms with E-state index in [1.54, 1.807) is 0 Å². The van der Waals surface area contributed by atoms with Gasteiger partial charge in [-0.3, -0.25) is 4.79 Å². The van der Waals surface area contributed by atoms with Crippen molar-refractivity contribution >= 4 is 11.8 Å². The number of ketones is 1. The maximum absolute atomic E-state index is 11.0. The minimum atomic E-state index is -0.461. The zero-order chi connectivity index (χ0) is 11.7. The van der Waals surface area contributed by atoms with Crippen LogP contribution >= 0.6 is 0 Å². The number of esters is 1. The minimum Gasteiger partial charge on any atom is -0.461 e. The van der Waals surface area contributed by atoms with Crippen molar-refractivity contribution in [3.05, 3.63) is 12.2 Å². The molecule has 0 fully saturated rings. The van der Waals surface area contributed by atoms with E-state index < -0.39 is 5.97 Å². The largest absolute Gasteiger partial charge is 0.461 e. The monoisotopic (exact) mass is 213 g/mol. The second-order valence-corrected chi connectivity index (χ2v) is 3.14. The first-order valence-corrected chi connectivity index (χ1v) is 5.17. The van der Waals surface area contributed by atoms with Gasteiger partial charge < -0.3 is 9.64 Å². The molecule has 0 unspecified atom stereocenters. The Bertz CT molecular complexity index is 232. The lowest BCUT2D eigenvalue weighted by Gasteiger charge is -2.16. The fourth-order valence-corrected chi connectivity index (χ4v) is 1.05. The molecule has 0 radical (unpaired) electrons. The molecule has 0 saturated heterocycles. The second-order valence-electron chi connectivity index (χ2n) is 3.14. The summed E-state index contributed by atoms with van der Waals surface area (Å²) in [5, 5.41) is 0. The van der Waals surface area contributed by atoms with Crippen molar-refractivity contribution < 1.29 is 14.3 Å². The van der Waals surface area contributed by atoms with Gasteiger partial charge in [0.25, 0.3) is 0 Å². The quantitative estimate of drug-likeness (QED) is 0.468. The fourth-order valence-electron chi connectivity index (χ4n) is 1.05. The molecular formula is C11H19NO3. The van der Waals surface area contributed by atoms with Crippen LogP contribution in [-0.4, -0.2) is 42.9 Å². The standard InChI is InChI=1S/C11H19NO3/c1-4-12(5-2)8-9-15-11(14)7-6-10(3)13/h6-7H,4-5,8-9H2,1-3H3/b7-6+. The van der Waals surface area contributed by atoms with Crippen LogP contribution in [0, 0.1) is 0 Å². The van der Waals surface area contributed by atoms with Crippen molar-refractivity contribution in [1.82, 2.24) is 4.90 Å². The van der Waals surface area contributed by atoms with Crippen molar-refractivity contribution in [3.63, 3.8) is 0 Å². The number of likely N-dealkylation sites (N-methyl/N-ethyl adjacent to an activating group) is 1. The molecule has 0 heterocycles. The highest BCUT2D eigenvalue weighted by molar-refractivity contribution is 5.94. The molecule has 86 valence electrons. The number of carbonyl (C=O) groups is 2. The van der Waals surface area contributed by atoms with Crippen molar-refractivity contribution in [2.24, 2.45) is 0 Å². The Kier molecular flexibility index (Phi) is 7.54. The lowest BCUT2D eigenvalue weighted by Crippen LogP contribution is -2.27. The predicted molar refractivity (Wildman–Crippen MR) is 58.6 cm³/mol. The SMILES string of the molecule is CCN(CC)CCOC(=O)/C=C/C(C)=O. The fraction of sp³-hybridized carbons (Fsp3) is 0.636. The molecular weight excluding hydrogens is 194 g/mol. The van der Waals surface area contributed by atoms with Gasteiger partial charge in [0.05, 0.1) is 0 Å². The van der Waals surface area contributed by atoms with E-state index in [1.807, 2.05) is 0 Å². The summed E-state index contributed by atoms with van der Waals surface area (Å²) in [6.45, 7) is 8.48. The van der Waals surface area contributed by atoms with Gasteiger partial charge in [-0.2, -0.15) is 0 Å². The molecule has 0 aromatic heterocycles. The molecule has 0 aliphatic heterocycles. The molecule has 0 atom stereocenters. The average molecular weight is 213 g/mol. The number of hydrogen-bond donors (Lipinski definition) is 0. The summed E-state index contributed by atoms with van der Waals surface area (Å²) in [6, 6.07) is 0. The maximum atomic E-state index is 11.0. The predicted octanol–water partition coefficient (Wildman–Crippen LogP) is 1.02. The van der Waals surface area contributed by atoms with E-state index in [4.69, 9.17) is 4.74 Å². The van der Waals surface area contributed by atoms with Gasteiger partial charge in [-0.15, -0.1) is 0 Å². The molecule has 15 heavy (non-hydrogen) atoms. The van der Waals surface area contributed by atoms with Crippen LogP contribution in [-0.2, 0) is 14.3 Å². The van der Waals surface area contributed by atoms with E-state index in [2.05, 4.69) is 18.7 Å². The van der Waals surface area contributed by atoms with Crippen LogP contribution in [0.1, 0.15) is 20.8 Å². The van der Waals surface area contributed by atoms with Crippen LogP contribution in [0.4, 0.5) is 0 Å². The first-order chi connectivity index (χ1) is 7.10. The summed E-state index contributed by atoms with van der Waals surface area (Å²) in [7, 11) is 0. The molecule has 0 N–H and O–H groups in total. The van der Waals surface area contributed by atoms with E-state index in [0.29, 0.717) is 6.61 Å². The van der Waals surface area contributed by atoms with Crippen LogP contribution in [0.15, 0.2) is 12.2 Å². The number of ether oxygens (including phenoxy) is 1. The highest BCUT2D eigenvalue weighted by Crippen LogP contribution is 1.88. The van der Waals surface area contributed by atoms with Crippen LogP contribution in [0.2, 0.25) is 0 Å². The van der Waals surface area contributed by atoms with Crippen molar-refractivity contribution in [1.29, 1.82) is 0 Å². The first-order valence-electron chi connectivity index (χ1n) is 5.17. The van der Waals surface area contributed by atoms with Crippen LogP contribution < -0.4 is 0 Å². The average Bonchev–Trinajstić information content (AvgIpc) is 2.21. The van der Waals surface area contributed by atoms with E-state index >= 15 is 0 Å². The molecule has 4 heteroatoms. The van der Waals surface area contributed by atoms with Crippen molar-refractivity contribution in [3.8, 4) is 0 Å². The third kappa shape index (κ3) is 7.88. The van der Waals surface area contributed by atoms with Crippen LogP contribution in [0.5, 0.6) is 0 Å². The molecule has 0 saturated carbocycles. The topological polar surface area (TPSA) is 46.6 Å². The third-order valence-electron chi connectivity index (χ3n) is 2.00. The van der Waals surface area contributed by atoms with Gasteiger partial charge in [0.15, 0.2) is 5.78 Å². The maximum Gasteiger partial charge on any atom is 0.330 e. The summed E-state index contributed by atoms with van der Waals surface area (Å²) >= 11 is 0. The Hall–Kier alpha value is -1.16. The molecule has 0 aliphatic rings. The smallest absolute Gasteiger partial charge is 0.330 e. The Morgan fingerprint density at radius 2 is 1.80 bits per heavy atom. The van der Waals surface area contributed by atoms with Crippen LogP contribution in [0.25, 0.3) is 0 Å². The zero-order valence-corrected chi connectivity index (χ0v) is 9.66. The van der Waals surface area contributed by atoms with E-state index in [1.165, 1.54) is 13.0 Å². The third-order valence-corrected chi connectivity index (χ3v) is 2.00. The van der Waals surface area contributed by atoms with Crippen molar-refractivity contribution in [2.75, 3.05) is 26.2 Å². The van der Waals surface area contributed by atoms with Gasteiger partial charge >= 0.3 is 5.97 Å². The number of carbonyl (C=O) groups excluding carboxylic acids is 2. The van der Waals surface area contributed by atoms with Crippen LogP contribution in [0.3, 0.4) is 0 Å². The van der Waals surface area contributed by atoms with Gasteiger partial charge in [0.2, 0.25) is 0 Å². The molecule has 4 nitrogen and oxygen atoms in total. The minimum absolute atomic E-state index is 0.157. The highest BCUT2D eigenvalue weighted by atomic mass is 16.5. The van der Waals surface area contributed by atoms with E-state index in [9.17, 15) is 9.59 Å². The first kappa shape index (κ1) is 13.8. The van der Waals surface area contributed by atoms with Gasteiger partial charge in [0, 0.05) is 12.6 Å².